The van der Waals surface area contributed by atoms with Gasteiger partial charge in [-0.1, -0.05) is 36.5 Å². The molecule has 0 atom stereocenters. The molecule has 2 aromatic heterocycles. The number of hydrogen-bond acceptors (Lipinski definition) is 4. The Morgan fingerprint density at radius 3 is 2.56 bits per heavy atom. The molecule has 32 heavy (non-hydrogen) atoms. The number of pyridine rings is 1. The van der Waals surface area contributed by atoms with Crippen molar-refractivity contribution in [2.24, 2.45) is 0 Å². The molecule has 0 saturated heterocycles. The van der Waals surface area contributed by atoms with E-state index < -0.39 is 11.9 Å². The van der Waals surface area contributed by atoms with Crippen LogP contribution in [0.15, 0.2) is 45.6 Å². The number of aromatic carboxylic acids is 1. The summed E-state index contributed by atoms with van der Waals surface area (Å²) in [5.74, 6) is -1.38. The molecule has 0 unspecified atom stereocenters. The van der Waals surface area contributed by atoms with Gasteiger partial charge >= 0.3 is 5.97 Å². The highest BCUT2D eigenvalue weighted by atomic mass is 79.9. The average Bonchev–Trinajstić information content (AvgIpc) is 3.10. The quantitative estimate of drug-likeness (QED) is 0.317. The standard InChI is InChI=1S/C20H16Br2Cl2N4O3.ClH/c1-2-3-7-27(17-12(20(30)31)8-11(23)9-13(17)21)19(29)15-10-16(22)26-28(15)18-14(24)5-4-6-25-18;/h4-6,8-10H,2-3,7H2,1H3,(H,30,31);1H. The highest BCUT2D eigenvalue weighted by Crippen LogP contribution is 2.35. The topological polar surface area (TPSA) is 88.3 Å². The molecule has 1 aromatic carbocycles. The van der Waals surface area contributed by atoms with Crippen molar-refractivity contribution in [2.45, 2.75) is 19.8 Å². The molecule has 1 amide bonds. The maximum absolute atomic E-state index is 13.7. The number of halogens is 5. The van der Waals surface area contributed by atoms with Crippen LogP contribution in [0.2, 0.25) is 10.0 Å². The van der Waals surface area contributed by atoms with E-state index in [1.807, 2.05) is 6.92 Å². The van der Waals surface area contributed by atoms with Crippen molar-refractivity contribution in [3.63, 3.8) is 0 Å². The van der Waals surface area contributed by atoms with Gasteiger partial charge in [-0.3, -0.25) is 4.79 Å². The number of anilines is 1. The molecule has 3 aromatic rings. The summed E-state index contributed by atoms with van der Waals surface area (Å²) in [5.41, 5.74) is 0.290. The van der Waals surface area contributed by atoms with Crippen LogP contribution >= 0.6 is 67.5 Å². The SMILES string of the molecule is CCCCN(C(=O)c1cc(Br)nn1-c1ncccc1Cl)c1c(Br)cc(Cl)cc1C(=O)O.Cl. The van der Waals surface area contributed by atoms with Gasteiger partial charge in [0.1, 0.15) is 10.3 Å². The number of aromatic nitrogens is 3. The van der Waals surface area contributed by atoms with Crippen LogP contribution < -0.4 is 4.90 Å². The molecule has 0 saturated carbocycles. The zero-order chi connectivity index (χ0) is 22.7. The van der Waals surface area contributed by atoms with Crippen molar-refractivity contribution in [3.8, 4) is 5.82 Å². The van der Waals surface area contributed by atoms with Crippen LogP contribution in [-0.2, 0) is 0 Å². The lowest BCUT2D eigenvalue weighted by molar-refractivity contribution is 0.0697. The summed E-state index contributed by atoms with van der Waals surface area (Å²) in [6.07, 6.45) is 2.99. The van der Waals surface area contributed by atoms with E-state index in [4.69, 9.17) is 23.2 Å². The van der Waals surface area contributed by atoms with Gasteiger partial charge in [0.05, 0.1) is 16.3 Å². The van der Waals surface area contributed by atoms with Gasteiger partial charge in [-0.2, -0.15) is 5.10 Å². The number of carbonyl (C=O) groups is 2. The number of rotatable bonds is 7. The summed E-state index contributed by atoms with van der Waals surface area (Å²) in [6.45, 7) is 2.26. The zero-order valence-corrected chi connectivity index (χ0v) is 22.1. The molecule has 3 rings (SSSR count). The van der Waals surface area contributed by atoms with Crippen LogP contribution in [0.25, 0.3) is 5.82 Å². The van der Waals surface area contributed by atoms with Crippen LogP contribution in [-0.4, -0.2) is 38.3 Å². The first-order valence-corrected chi connectivity index (χ1v) is 11.5. The lowest BCUT2D eigenvalue weighted by Gasteiger charge is -2.26. The molecule has 170 valence electrons. The van der Waals surface area contributed by atoms with Gasteiger partial charge in [0.25, 0.3) is 5.91 Å². The van der Waals surface area contributed by atoms with Crippen LogP contribution in [0.1, 0.15) is 40.6 Å². The van der Waals surface area contributed by atoms with Gasteiger partial charge in [-0.25, -0.2) is 14.5 Å². The number of carbonyl (C=O) groups excluding carboxylic acids is 1. The Hall–Kier alpha value is -1.65. The smallest absolute Gasteiger partial charge is 0.337 e. The average molecular weight is 628 g/mol. The predicted octanol–water partition coefficient (Wildman–Crippen LogP) is 6.67. The number of hydrogen-bond donors (Lipinski definition) is 1. The molecule has 12 heteroatoms. The third-order valence-electron chi connectivity index (χ3n) is 4.35. The van der Waals surface area contributed by atoms with Crippen molar-refractivity contribution < 1.29 is 14.7 Å². The van der Waals surface area contributed by atoms with Gasteiger partial charge in [-0.05, 0) is 62.5 Å². The largest absolute Gasteiger partial charge is 0.478 e. The number of unbranched alkanes of at least 4 members (excludes halogenated alkanes) is 1. The van der Waals surface area contributed by atoms with Crippen molar-refractivity contribution in [1.29, 1.82) is 0 Å². The van der Waals surface area contributed by atoms with E-state index >= 15 is 0 Å². The van der Waals surface area contributed by atoms with Crippen molar-refractivity contribution in [3.05, 3.63) is 66.9 Å². The van der Waals surface area contributed by atoms with E-state index in [2.05, 4.69) is 41.9 Å². The minimum Gasteiger partial charge on any atom is -0.478 e. The Labute approximate surface area is 217 Å². The number of carboxylic acid groups (broad SMARTS) is 1. The van der Waals surface area contributed by atoms with E-state index in [-0.39, 0.29) is 46.7 Å². The molecule has 1 N–H and O–H groups in total. The zero-order valence-electron chi connectivity index (χ0n) is 16.6. The van der Waals surface area contributed by atoms with Gasteiger partial charge in [0.15, 0.2) is 5.82 Å². The lowest BCUT2D eigenvalue weighted by atomic mass is 10.1. The Morgan fingerprint density at radius 1 is 1.22 bits per heavy atom. The van der Waals surface area contributed by atoms with Crippen LogP contribution in [0, 0.1) is 0 Å². The molecule has 7 nitrogen and oxygen atoms in total. The fourth-order valence-electron chi connectivity index (χ4n) is 2.97. The Kier molecular flexibility index (Phi) is 9.53. The molecule has 0 bridgehead atoms. The normalized spacial score (nSPS) is 10.5. The molecule has 0 spiro atoms. The van der Waals surface area contributed by atoms with Gasteiger partial charge in [0, 0.05) is 28.3 Å². The molecule has 0 fully saturated rings. The second-order valence-electron chi connectivity index (χ2n) is 6.47. The fraction of sp³-hybridized carbons (Fsp3) is 0.200. The molecule has 0 aliphatic heterocycles. The van der Waals surface area contributed by atoms with E-state index in [0.29, 0.717) is 20.5 Å². The molecular weight excluding hydrogens is 610 g/mol. The van der Waals surface area contributed by atoms with Gasteiger partial charge in [0.2, 0.25) is 0 Å². The third kappa shape index (κ3) is 5.63. The fourth-order valence-corrected chi connectivity index (χ4v) is 4.57. The van der Waals surface area contributed by atoms with Crippen LogP contribution in [0.4, 0.5) is 5.69 Å². The van der Waals surface area contributed by atoms with Crippen molar-refractivity contribution in [1.82, 2.24) is 14.8 Å². The van der Waals surface area contributed by atoms with E-state index in [1.54, 1.807) is 18.2 Å². The van der Waals surface area contributed by atoms with Crippen LogP contribution in [0.5, 0.6) is 0 Å². The molecule has 0 radical (unpaired) electrons. The number of benzene rings is 1. The highest BCUT2D eigenvalue weighted by molar-refractivity contribution is 9.10. The number of nitrogens with zero attached hydrogens (tertiary/aromatic N) is 4. The first-order valence-electron chi connectivity index (χ1n) is 9.15. The molecule has 0 aliphatic carbocycles. The Balaban J connectivity index is 0.00000363. The predicted molar refractivity (Wildman–Crippen MR) is 134 cm³/mol. The summed E-state index contributed by atoms with van der Waals surface area (Å²) in [7, 11) is 0. The second-order valence-corrected chi connectivity index (χ2v) is 8.98. The Bertz CT molecular complexity index is 1160. The second kappa shape index (κ2) is 11.5. The van der Waals surface area contributed by atoms with E-state index in [0.717, 1.165) is 6.42 Å². The van der Waals surface area contributed by atoms with Gasteiger partial charge < -0.3 is 10.0 Å². The minimum absolute atomic E-state index is 0. The number of amides is 1. The van der Waals surface area contributed by atoms with Gasteiger partial charge in [-0.15, -0.1) is 12.4 Å². The van der Waals surface area contributed by atoms with E-state index in [9.17, 15) is 14.7 Å². The third-order valence-corrected chi connectivity index (χ3v) is 5.85. The summed E-state index contributed by atoms with van der Waals surface area (Å²) in [4.78, 5) is 31.3. The summed E-state index contributed by atoms with van der Waals surface area (Å²) < 4.78 is 2.13. The van der Waals surface area contributed by atoms with Crippen molar-refractivity contribution >= 4 is 85.0 Å². The first-order chi connectivity index (χ1) is 14.7. The summed E-state index contributed by atoms with van der Waals surface area (Å²) in [6, 6.07) is 7.72. The Morgan fingerprint density at radius 2 is 1.94 bits per heavy atom. The van der Waals surface area contributed by atoms with E-state index in [1.165, 1.54) is 27.9 Å². The molecular formula is C20H17Br2Cl3N4O3. The maximum Gasteiger partial charge on any atom is 0.337 e. The lowest BCUT2D eigenvalue weighted by Crippen LogP contribution is -2.35. The summed E-state index contributed by atoms with van der Waals surface area (Å²) in [5, 5.41) is 14.6. The maximum atomic E-state index is 13.7. The monoisotopic (exact) mass is 624 g/mol. The number of carboxylic acids is 1. The minimum atomic E-state index is -1.20. The highest BCUT2D eigenvalue weighted by Gasteiger charge is 2.29. The van der Waals surface area contributed by atoms with Crippen LogP contribution in [0.3, 0.4) is 0 Å². The molecule has 2 heterocycles. The summed E-state index contributed by atoms with van der Waals surface area (Å²) >= 11 is 19.0. The first kappa shape index (κ1) is 26.6. The molecule has 0 aliphatic rings. The van der Waals surface area contributed by atoms with Crippen molar-refractivity contribution in [2.75, 3.05) is 11.4 Å².